The number of hydrogen-bond donors (Lipinski definition) is 3. The van der Waals surface area contributed by atoms with Crippen molar-refractivity contribution in [3.05, 3.63) is 65.2 Å². The third-order valence-corrected chi connectivity index (χ3v) is 6.06. The zero-order valence-electron chi connectivity index (χ0n) is 20.6. The van der Waals surface area contributed by atoms with Crippen LogP contribution in [0, 0.1) is 32.6 Å². The predicted molar refractivity (Wildman–Crippen MR) is 140 cm³/mol. The van der Waals surface area contributed by atoms with Crippen LogP contribution in [0.5, 0.6) is 5.75 Å². The molecule has 0 saturated heterocycles. The van der Waals surface area contributed by atoms with E-state index in [1.807, 2.05) is 6.92 Å². The molecular weight excluding hydrogens is 392 g/mol. The first kappa shape index (κ1) is 23.7. The second-order valence-corrected chi connectivity index (χ2v) is 9.68. The second kappa shape index (κ2) is 10.1. The molecule has 3 aromatic rings. The van der Waals surface area contributed by atoms with Crippen LogP contribution in [-0.4, -0.2) is 18.2 Å². The number of phenols is 1. The highest BCUT2D eigenvalue weighted by atomic mass is 16.3. The molecule has 3 aromatic carbocycles. The monoisotopic (exact) mass is 430 g/mol. The first-order chi connectivity index (χ1) is 15.2. The van der Waals surface area contributed by atoms with E-state index in [4.69, 9.17) is 0 Å². The molecule has 0 amide bonds. The van der Waals surface area contributed by atoms with Crippen LogP contribution in [-0.2, 0) is 0 Å². The Morgan fingerprint density at radius 2 is 0.969 bits per heavy atom. The molecule has 3 N–H and O–H groups in total. The van der Waals surface area contributed by atoms with Gasteiger partial charge >= 0.3 is 0 Å². The van der Waals surface area contributed by atoms with E-state index in [0.29, 0.717) is 17.6 Å². The van der Waals surface area contributed by atoms with Crippen molar-refractivity contribution in [3.63, 3.8) is 0 Å². The minimum Gasteiger partial charge on any atom is -0.507 e. The maximum absolute atomic E-state index is 11.2. The summed E-state index contributed by atoms with van der Waals surface area (Å²) in [7, 11) is 0. The molecule has 0 spiro atoms. The van der Waals surface area contributed by atoms with E-state index in [1.54, 1.807) is 0 Å². The molecule has 0 saturated carbocycles. The van der Waals surface area contributed by atoms with Gasteiger partial charge in [0.05, 0.1) is 0 Å². The van der Waals surface area contributed by atoms with Crippen molar-refractivity contribution in [2.45, 2.75) is 48.5 Å². The van der Waals surface area contributed by atoms with E-state index in [0.717, 1.165) is 57.8 Å². The van der Waals surface area contributed by atoms with Crippen LogP contribution in [0.1, 0.15) is 44.4 Å². The lowest BCUT2D eigenvalue weighted by Gasteiger charge is -2.20. The summed E-state index contributed by atoms with van der Waals surface area (Å²) in [5.74, 6) is 1.57. The Kier molecular flexibility index (Phi) is 7.50. The summed E-state index contributed by atoms with van der Waals surface area (Å²) in [6.45, 7) is 17.0. The van der Waals surface area contributed by atoms with Gasteiger partial charge in [0.15, 0.2) is 0 Å². The average molecular weight is 431 g/mol. The van der Waals surface area contributed by atoms with Crippen molar-refractivity contribution in [1.82, 2.24) is 0 Å². The average Bonchev–Trinajstić information content (AvgIpc) is 2.77. The summed E-state index contributed by atoms with van der Waals surface area (Å²) in [5, 5.41) is 18.1. The smallest absolute Gasteiger partial charge is 0.127 e. The molecule has 0 heterocycles. The molecule has 170 valence electrons. The van der Waals surface area contributed by atoms with Gasteiger partial charge in [-0.1, -0.05) is 52.0 Å². The standard InChI is InChI=1S/C29H38N2O/c1-18(2)16-30-25-12-8-23(9-13-25)27-20(5)21(6)28(29(32)22(27)7)24-10-14-26(15-11-24)31-17-19(3)4/h8-15,18-19,30-32H,16-17H2,1-7H3. The van der Waals surface area contributed by atoms with Crippen LogP contribution in [0.15, 0.2) is 48.5 Å². The summed E-state index contributed by atoms with van der Waals surface area (Å²) in [4.78, 5) is 0. The van der Waals surface area contributed by atoms with E-state index < -0.39 is 0 Å². The molecular formula is C29H38N2O. The third-order valence-electron chi connectivity index (χ3n) is 6.06. The van der Waals surface area contributed by atoms with Crippen LogP contribution >= 0.6 is 0 Å². The van der Waals surface area contributed by atoms with Crippen molar-refractivity contribution in [2.75, 3.05) is 23.7 Å². The highest BCUT2D eigenvalue weighted by Gasteiger charge is 2.19. The van der Waals surface area contributed by atoms with Gasteiger partial charge in [-0.15, -0.1) is 0 Å². The minimum atomic E-state index is 0.369. The Labute approximate surface area is 193 Å². The molecule has 3 nitrogen and oxygen atoms in total. The number of aromatic hydroxyl groups is 1. The van der Waals surface area contributed by atoms with E-state index in [2.05, 4.69) is 101 Å². The largest absolute Gasteiger partial charge is 0.507 e. The molecule has 0 fully saturated rings. The fraction of sp³-hybridized carbons (Fsp3) is 0.379. The molecule has 0 aromatic heterocycles. The second-order valence-electron chi connectivity index (χ2n) is 9.68. The van der Waals surface area contributed by atoms with Gasteiger partial charge in [-0.25, -0.2) is 0 Å². The maximum Gasteiger partial charge on any atom is 0.127 e. The highest BCUT2D eigenvalue weighted by Crippen LogP contribution is 2.43. The van der Waals surface area contributed by atoms with Crippen LogP contribution in [0.2, 0.25) is 0 Å². The molecule has 0 bridgehead atoms. The zero-order valence-corrected chi connectivity index (χ0v) is 20.6. The normalized spacial score (nSPS) is 11.3. The molecule has 32 heavy (non-hydrogen) atoms. The third kappa shape index (κ3) is 5.27. The maximum atomic E-state index is 11.2. The summed E-state index contributed by atoms with van der Waals surface area (Å²) in [5.41, 5.74) is 9.71. The lowest BCUT2D eigenvalue weighted by molar-refractivity contribution is 0.473. The van der Waals surface area contributed by atoms with Crippen molar-refractivity contribution in [1.29, 1.82) is 0 Å². The van der Waals surface area contributed by atoms with Gasteiger partial charge in [0, 0.05) is 30.0 Å². The quantitative estimate of drug-likeness (QED) is 0.342. The van der Waals surface area contributed by atoms with Crippen LogP contribution in [0.3, 0.4) is 0 Å². The number of rotatable bonds is 8. The molecule has 3 heteroatoms. The number of anilines is 2. The lowest BCUT2D eigenvalue weighted by atomic mass is 9.86. The Morgan fingerprint density at radius 3 is 1.38 bits per heavy atom. The Balaban J connectivity index is 1.94. The molecule has 0 aliphatic rings. The summed E-state index contributed by atoms with van der Waals surface area (Å²) in [6.07, 6.45) is 0. The fourth-order valence-corrected chi connectivity index (χ4v) is 4.08. The van der Waals surface area contributed by atoms with Crippen LogP contribution in [0.4, 0.5) is 11.4 Å². The van der Waals surface area contributed by atoms with E-state index in [1.165, 1.54) is 5.56 Å². The van der Waals surface area contributed by atoms with Gasteiger partial charge in [-0.2, -0.15) is 0 Å². The minimum absolute atomic E-state index is 0.369. The van der Waals surface area contributed by atoms with Gasteiger partial charge in [-0.3, -0.25) is 0 Å². The molecule has 0 aliphatic heterocycles. The first-order valence-electron chi connectivity index (χ1n) is 11.7. The molecule has 0 radical (unpaired) electrons. The molecule has 0 aliphatic carbocycles. The van der Waals surface area contributed by atoms with Gasteiger partial charge < -0.3 is 15.7 Å². The molecule has 0 atom stereocenters. The van der Waals surface area contributed by atoms with Gasteiger partial charge in [0.25, 0.3) is 0 Å². The first-order valence-corrected chi connectivity index (χ1v) is 11.7. The predicted octanol–water partition coefficient (Wildman–Crippen LogP) is 7.79. The Morgan fingerprint density at radius 1 is 0.594 bits per heavy atom. The number of hydrogen-bond acceptors (Lipinski definition) is 3. The van der Waals surface area contributed by atoms with Crippen LogP contribution < -0.4 is 10.6 Å². The van der Waals surface area contributed by atoms with Crippen molar-refractivity contribution < 1.29 is 5.11 Å². The topological polar surface area (TPSA) is 44.3 Å². The number of benzene rings is 3. The van der Waals surface area contributed by atoms with E-state index in [-0.39, 0.29) is 0 Å². The summed E-state index contributed by atoms with van der Waals surface area (Å²) < 4.78 is 0. The van der Waals surface area contributed by atoms with E-state index >= 15 is 0 Å². The van der Waals surface area contributed by atoms with Crippen molar-refractivity contribution in [3.8, 4) is 28.0 Å². The molecule has 0 unspecified atom stereocenters. The van der Waals surface area contributed by atoms with Gasteiger partial charge in [-0.05, 0) is 90.3 Å². The van der Waals surface area contributed by atoms with E-state index in [9.17, 15) is 5.11 Å². The molecule has 3 rings (SSSR count). The summed E-state index contributed by atoms with van der Waals surface area (Å²) in [6, 6.07) is 16.9. The lowest BCUT2D eigenvalue weighted by Crippen LogP contribution is -2.07. The Hall–Kier alpha value is -2.94. The fourth-order valence-electron chi connectivity index (χ4n) is 4.08. The number of phenolic OH excluding ortho intramolecular Hbond substituents is 1. The van der Waals surface area contributed by atoms with Crippen molar-refractivity contribution in [2.24, 2.45) is 11.8 Å². The van der Waals surface area contributed by atoms with Gasteiger partial charge in [0.2, 0.25) is 0 Å². The van der Waals surface area contributed by atoms with Crippen LogP contribution in [0.25, 0.3) is 22.3 Å². The van der Waals surface area contributed by atoms with Gasteiger partial charge in [0.1, 0.15) is 5.75 Å². The van der Waals surface area contributed by atoms with Crippen molar-refractivity contribution >= 4 is 11.4 Å². The number of nitrogens with one attached hydrogen (secondary N) is 2. The summed E-state index contributed by atoms with van der Waals surface area (Å²) >= 11 is 0. The highest BCUT2D eigenvalue weighted by molar-refractivity contribution is 5.85. The Bertz CT molecular complexity index is 933. The zero-order chi connectivity index (χ0) is 23.4. The SMILES string of the molecule is Cc1c(C)c(-c2ccc(NCC(C)C)cc2)c(O)c(C)c1-c1ccc(NCC(C)C)cc1.